The van der Waals surface area contributed by atoms with Crippen LogP contribution >= 0.6 is 11.6 Å². The summed E-state index contributed by atoms with van der Waals surface area (Å²) in [5.74, 6) is 4.93. The molecule has 4 heteroatoms. The molecule has 0 amide bonds. The lowest BCUT2D eigenvalue weighted by Gasteiger charge is -1.99. The summed E-state index contributed by atoms with van der Waals surface area (Å²) in [6, 6.07) is 0. The second-order valence-corrected chi connectivity index (χ2v) is 1.72. The first-order chi connectivity index (χ1) is 3.72. The van der Waals surface area contributed by atoms with Crippen LogP contribution in [0, 0.1) is 0 Å². The zero-order valence-corrected chi connectivity index (χ0v) is 5.50. The molecule has 0 saturated carbocycles. The molecule has 0 radical (unpaired) electrons. The molecule has 3 nitrogen and oxygen atoms in total. The molecule has 0 aliphatic heterocycles. The van der Waals surface area contributed by atoms with Crippen molar-refractivity contribution in [2.45, 2.75) is 13.3 Å². The van der Waals surface area contributed by atoms with E-state index in [4.69, 9.17) is 23.2 Å². The molecular weight excluding hydrogens is 126 g/mol. The van der Waals surface area contributed by atoms with E-state index in [1.54, 1.807) is 0 Å². The fourth-order valence-corrected chi connectivity index (χ4v) is 0.382. The van der Waals surface area contributed by atoms with Crippen LogP contribution in [0.1, 0.15) is 13.3 Å². The molecule has 0 saturated heterocycles. The predicted octanol–water partition coefficient (Wildman–Crippen LogP) is 0.226. The van der Waals surface area contributed by atoms with Gasteiger partial charge in [-0.1, -0.05) is 18.5 Å². The fraction of sp³-hybridized carbons (Fsp3) is 0.500. The SMILES string of the molecule is CC/C(N)=C(\Cl)NN. The van der Waals surface area contributed by atoms with Crippen LogP contribution in [0.25, 0.3) is 0 Å². The van der Waals surface area contributed by atoms with Crippen molar-refractivity contribution in [2.24, 2.45) is 11.6 Å². The van der Waals surface area contributed by atoms with Crippen LogP contribution < -0.4 is 17.0 Å². The maximum atomic E-state index is 5.43. The van der Waals surface area contributed by atoms with E-state index < -0.39 is 0 Å². The maximum Gasteiger partial charge on any atom is 0.135 e. The number of hydrazine groups is 1. The molecule has 0 heterocycles. The van der Waals surface area contributed by atoms with Gasteiger partial charge < -0.3 is 11.2 Å². The van der Waals surface area contributed by atoms with Gasteiger partial charge in [-0.15, -0.1) is 0 Å². The van der Waals surface area contributed by atoms with Gasteiger partial charge in [0.2, 0.25) is 0 Å². The van der Waals surface area contributed by atoms with E-state index in [1.807, 2.05) is 6.92 Å². The summed E-state index contributed by atoms with van der Waals surface area (Å²) in [7, 11) is 0. The quantitative estimate of drug-likeness (QED) is 0.289. The molecule has 0 aliphatic carbocycles. The van der Waals surface area contributed by atoms with Crippen molar-refractivity contribution in [3.63, 3.8) is 0 Å². The lowest BCUT2D eigenvalue weighted by molar-refractivity contribution is 0.897. The number of halogens is 1. The van der Waals surface area contributed by atoms with E-state index in [1.165, 1.54) is 0 Å². The van der Waals surface area contributed by atoms with Gasteiger partial charge in [0.25, 0.3) is 0 Å². The van der Waals surface area contributed by atoms with Gasteiger partial charge in [0, 0.05) is 5.70 Å². The number of nitrogens with two attached hydrogens (primary N) is 2. The van der Waals surface area contributed by atoms with Gasteiger partial charge >= 0.3 is 0 Å². The van der Waals surface area contributed by atoms with E-state index in [-0.39, 0.29) is 0 Å². The van der Waals surface area contributed by atoms with E-state index >= 15 is 0 Å². The fourth-order valence-electron chi connectivity index (χ4n) is 0.248. The van der Waals surface area contributed by atoms with Crippen molar-refractivity contribution in [3.05, 3.63) is 10.9 Å². The van der Waals surface area contributed by atoms with Crippen LogP contribution in [0.5, 0.6) is 0 Å². The smallest absolute Gasteiger partial charge is 0.135 e. The molecular formula is C4H10ClN3. The summed E-state index contributed by atoms with van der Waals surface area (Å²) in [6.45, 7) is 1.90. The number of hydrogen-bond donors (Lipinski definition) is 3. The van der Waals surface area contributed by atoms with Crippen LogP contribution in [-0.4, -0.2) is 0 Å². The van der Waals surface area contributed by atoms with Crippen molar-refractivity contribution in [1.29, 1.82) is 0 Å². The minimum atomic E-state index is 0.326. The molecule has 0 bridgehead atoms. The standard InChI is InChI=1S/C4H10ClN3/c1-2-3(6)4(5)8-7/h8H,2,6-7H2,1H3/b4-3-. The monoisotopic (exact) mass is 135 g/mol. The molecule has 0 spiro atoms. The summed E-state index contributed by atoms with van der Waals surface area (Å²) in [6.07, 6.45) is 0.711. The van der Waals surface area contributed by atoms with Gasteiger partial charge in [0.1, 0.15) is 5.16 Å². The van der Waals surface area contributed by atoms with E-state index in [9.17, 15) is 0 Å². The highest BCUT2D eigenvalue weighted by atomic mass is 35.5. The molecule has 0 fully saturated rings. The summed E-state index contributed by atoms with van der Waals surface area (Å²) >= 11 is 5.43. The largest absolute Gasteiger partial charge is 0.400 e. The minimum Gasteiger partial charge on any atom is -0.400 e. The highest BCUT2D eigenvalue weighted by molar-refractivity contribution is 6.29. The van der Waals surface area contributed by atoms with Crippen molar-refractivity contribution in [3.8, 4) is 0 Å². The van der Waals surface area contributed by atoms with Crippen LogP contribution in [0.15, 0.2) is 10.9 Å². The predicted molar refractivity (Wildman–Crippen MR) is 34.7 cm³/mol. The maximum absolute atomic E-state index is 5.43. The third-order valence-electron chi connectivity index (χ3n) is 0.790. The van der Waals surface area contributed by atoms with E-state index in [0.29, 0.717) is 17.3 Å². The lowest BCUT2D eigenvalue weighted by atomic mass is 10.4. The Morgan fingerprint density at radius 3 is 2.38 bits per heavy atom. The second kappa shape index (κ2) is 3.57. The second-order valence-electron chi connectivity index (χ2n) is 1.34. The van der Waals surface area contributed by atoms with Crippen molar-refractivity contribution in [2.75, 3.05) is 0 Å². The molecule has 48 valence electrons. The Morgan fingerprint density at radius 2 is 2.25 bits per heavy atom. The highest BCUT2D eigenvalue weighted by Gasteiger charge is 1.91. The summed E-state index contributed by atoms with van der Waals surface area (Å²) < 4.78 is 0. The Balaban J connectivity index is 3.83. The molecule has 8 heavy (non-hydrogen) atoms. The van der Waals surface area contributed by atoms with Crippen LogP contribution in [-0.2, 0) is 0 Å². The molecule has 0 aromatic rings. The first-order valence-corrected chi connectivity index (χ1v) is 2.70. The Hall–Kier alpha value is -0.410. The molecule has 0 aromatic carbocycles. The Bertz CT molecular complexity index is 87.5. The number of allylic oxidation sites excluding steroid dienone is 1. The third kappa shape index (κ3) is 2.04. The number of nitrogens with one attached hydrogen (secondary N) is 1. The first-order valence-electron chi connectivity index (χ1n) is 2.33. The summed E-state index contributed by atoms with van der Waals surface area (Å²) in [5.41, 5.74) is 8.15. The molecule has 5 N–H and O–H groups in total. The normalized spacial score (nSPS) is 12.9. The van der Waals surface area contributed by atoms with Crippen molar-refractivity contribution >= 4 is 11.6 Å². The van der Waals surface area contributed by atoms with Crippen LogP contribution in [0.2, 0.25) is 0 Å². The average Bonchev–Trinajstić information content (AvgIpc) is 1.84. The van der Waals surface area contributed by atoms with Gasteiger partial charge in [-0.25, -0.2) is 5.84 Å². The van der Waals surface area contributed by atoms with Crippen LogP contribution in [0.4, 0.5) is 0 Å². The average molecular weight is 136 g/mol. The number of hydrogen-bond acceptors (Lipinski definition) is 3. The van der Waals surface area contributed by atoms with Gasteiger partial charge in [0.05, 0.1) is 0 Å². The van der Waals surface area contributed by atoms with Crippen molar-refractivity contribution in [1.82, 2.24) is 5.43 Å². The zero-order chi connectivity index (χ0) is 6.57. The Labute approximate surface area is 53.6 Å². The van der Waals surface area contributed by atoms with E-state index in [0.717, 1.165) is 0 Å². The third-order valence-corrected chi connectivity index (χ3v) is 1.14. The van der Waals surface area contributed by atoms with Crippen LogP contribution in [0.3, 0.4) is 0 Å². The van der Waals surface area contributed by atoms with Gasteiger partial charge in [-0.3, -0.25) is 0 Å². The van der Waals surface area contributed by atoms with Gasteiger partial charge in [-0.2, -0.15) is 0 Å². The molecule has 0 atom stereocenters. The molecule has 0 unspecified atom stereocenters. The summed E-state index contributed by atoms with van der Waals surface area (Å²) in [4.78, 5) is 0. The zero-order valence-electron chi connectivity index (χ0n) is 4.74. The Morgan fingerprint density at radius 1 is 1.75 bits per heavy atom. The molecule has 0 aliphatic rings. The molecule has 0 rings (SSSR count). The van der Waals surface area contributed by atoms with Gasteiger partial charge in [-0.05, 0) is 6.42 Å². The minimum absolute atomic E-state index is 0.326. The lowest BCUT2D eigenvalue weighted by Crippen LogP contribution is -2.21. The topological polar surface area (TPSA) is 64.1 Å². The summed E-state index contributed by atoms with van der Waals surface area (Å²) in [5, 5.41) is 0.326. The van der Waals surface area contributed by atoms with E-state index in [2.05, 4.69) is 5.43 Å². The van der Waals surface area contributed by atoms with Gasteiger partial charge in [0.15, 0.2) is 0 Å². The Kier molecular flexibility index (Phi) is 3.39. The highest BCUT2D eigenvalue weighted by Crippen LogP contribution is 2.00. The molecule has 0 aromatic heterocycles. The number of rotatable bonds is 2. The van der Waals surface area contributed by atoms with Crippen molar-refractivity contribution < 1.29 is 0 Å². The first kappa shape index (κ1) is 7.59.